The van der Waals surface area contributed by atoms with E-state index in [1.165, 1.54) is 6.07 Å². The normalized spacial score (nSPS) is 11.3. The van der Waals surface area contributed by atoms with Crippen LogP contribution in [0.1, 0.15) is 12.7 Å². The van der Waals surface area contributed by atoms with Gasteiger partial charge in [-0.2, -0.15) is 13.2 Å². The number of ether oxygens (including phenoxy) is 1. The molecule has 0 aliphatic carbocycles. The predicted octanol–water partition coefficient (Wildman–Crippen LogP) is 1.73. The highest BCUT2D eigenvalue weighted by Crippen LogP contribution is 2.28. The molecular formula is C9H10F3N3O2S. The lowest BCUT2D eigenvalue weighted by molar-refractivity contribution is -0.145. The monoisotopic (exact) mass is 281 g/mol. The largest absolute Gasteiger partial charge is 0.465 e. The minimum absolute atomic E-state index is 0.0251. The fourth-order valence-electron chi connectivity index (χ4n) is 0.979. The highest BCUT2D eigenvalue weighted by atomic mass is 32.2. The summed E-state index contributed by atoms with van der Waals surface area (Å²) in [5.74, 6) is -2.30. The van der Waals surface area contributed by atoms with E-state index in [4.69, 9.17) is 5.73 Å². The number of nitrogens with zero attached hydrogens (tertiary/aromatic N) is 2. The van der Waals surface area contributed by atoms with Gasteiger partial charge in [-0.1, -0.05) is 11.8 Å². The number of anilines is 1. The Morgan fingerprint density at radius 1 is 1.50 bits per heavy atom. The molecule has 0 aliphatic rings. The lowest BCUT2D eigenvalue weighted by Gasteiger charge is -2.07. The van der Waals surface area contributed by atoms with E-state index in [9.17, 15) is 18.0 Å². The topological polar surface area (TPSA) is 78.1 Å². The number of alkyl halides is 3. The summed E-state index contributed by atoms with van der Waals surface area (Å²) in [6.45, 7) is 1.84. The van der Waals surface area contributed by atoms with Crippen molar-refractivity contribution in [3.63, 3.8) is 0 Å². The molecule has 0 saturated heterocycles. The molecule has 0 saturated carbocycles. The highest BCUT2D eigenvalue weighted by molar-refractivity contribution is 7.99. The average molecular weight is 281 g/mol. The van der Waals surface area contributed by atoms with E-state index in [-0.39, 0.29) is 23.2 Å². The van der Waals surface area contributed by atoms with Crippen molar-refractivity contribution in [1.82, 2.24) is 9.97 Å². The Hall–Kier alpha value is -1.51. The van der Waals surface area contributed by atoms with Crippen LogP contribution in [0.25, 0.3) is 0 Å². The molecule has 2 N–H and O–H groups in total. The second-order valence-corrected chi connectivity index (χ2v) is 4.04. The molecule has 0 aliphatic heterocycles. The Labute approximate surface area is 105 Å². The van der Waals surface area contributed by atoms with E-state index in [1.54, 1.807) is 6.92 Å². The van der Waals surface area contributed by atoms with Gasteiger partial charge < -0.3 is 10.5 Å². The molecule has 18 heavy (non-hydrogen) atoms. The van der Waals surface area contributed by atoms with Gasteiger partial charge >= 0.3 is 12.1 Å². The predicted molar refractivity (Wildman–Crippen MR) is 58.8 cm³/mol. The standard InChI is InChI=1S/C9H10F3N3O2S/c1-2-17-7(16)4-18-6-3-5(13)14-8(15-6)9(10,11)12/h3H,2,4H2,1H3,(H2,13,14,15). The summed E-state index contributed by atoms with van der Waals surface area (Å²) >= 11 is 0.807. The highest BCUT2D eigenvalue weighted by Gasteiger charge is 2.35. The summed E-state index contributed by atoms with van der Waals surface area (Å²) in [6, 6.07) is 1.17. The Bertz CT molecular complexity index is 440. The molecule has 1 rings (SSSR count). The van der Waals surface area contributed by atoms with Gasteiger partial charge in [-0.15, -0.1) is 0 Å². The third kappa shape index (κ3) is 4.40. The number of nitrogens with two attached hydrogens (primary N) is 1. The Kier molecular flexibility index (Phi) is 4.76. The van der Waals surface area contributed by atoms with Crippen molar-refractivity contribution in [2.45, 2.75) is 18.1 Å². The molecule has 0 unspecified atom stereocenters. The molecule has 0 spiro atoms. The fraction of sp³-hybridized carbons (Fsp3) is 0.444. The van der Waals surface area contributed by atoms with Gasteiger partial charge in [-0.25, -0.2) is 9.97 Å². The van der Waals surface area contributed by atoms with Gasteiger partial charge in [0, 0.05) is 6.07 Å². The van der Waals surface area contributed by atoms with Crippen LogP contribution in [0.4, 0.5) is 19.0 Å². The molecule has 0 bridgehead atoms. The molecule has 9 heteroatoms. The zero-order valence-corrected chi connectivity index (χ0v) is 10.1. The van der Waals surface area contributed by atoms with Gasteiger partial charge in [0.1, 0.15) is 10.8 Å². The number of esters is 1. The average Bonchev–Trinajstić information content (AvgIpc) is 2.25. The smallest absolute Gasteiger partial charge is 0.451 e. The van der Waals surface area contributed by atoms with Crippen molar-refractivity contribution in [2.75, 3.05) is 18.1 Å². The number of rotatable bonds is 4. The van der Waals surface area contributed by atoms with Gasteiger partial charge in [-0.3, -0.25) is 4.79 Å². The van der Waals surface area contributed by atoms with Crippen LogP contribution in [-0.2, 0) is 15.7 Å². The number of hydrogen-bond acceptors (Lipinski definition) is 6. The zero-order chi connectivity index (χ0) is 13.8. The van der Waals surface area contributed by atoms with Crippen LogP contribution in [0.15, 0.2) is 11.1 Å². The van der Waals surface area contributed by atoms with Gasteiger partial charge in [-0.05, 0) is 6.92 Å². The van der Waals surface area contributed by atoms with Gasteiger partial charge in [0.2, 0.25) is 5.82 Å². The van der Waals surface area contributed by atoms with Crippen LogP contribution >= 0.6 is 11.8 Å². The molecule has 0 atom stereocenters. The van der Waals surface area contributed by atoms with Crippen LogP contribution in [0.3, 0.4) is 0 Å². The first kappa shape index (κ1) is 14.6. The summed E-state index contributed by atoms with van der Waals surface area (Å²) < 4.78 is 41.8. The van der Waals surface area contributed by atoms with Gasteiger partial charge in [0.15, 0.2) is 0 Å². The molecule has 1 heterocycles. The van der Waals surface area contributed by atoms with E-state index in [2.05, 4.69) is 14.7 Å². The van der Waals surface area contributed by atoms with Crippen LogP contribution in [-0.4, -0.2) is 28.3 Å². The van der Waals surface area contributed by atoms with Gasteiger partial charge in [0.05, 0.1) is 12.4 Å². The van der Waals surface area contributed by atoms with Crippen molar-refractivity contribution < 1.29 is 22.7 Å². The lowest BCUT2D eigenvalue weighted by atomic mass is 10.5. The minimum atomic E-state index is -4.67. The van der Waals surface area contributed by atoms with E-state index in [0.29, 0.717) is 0 Å². The maximum Gasteiger partial charge on any atom is 0.451 e. The number of carbonyl (C=O) groups is 1. The zero-order valence-electron chi connectivity index (χ0n) is 9.32. The number of halogens is 3. The SMILES string of the molecule is CCOC(=O)CSc1cc(N)nc(C(F)(F)F)n1. The second kappa shape index (κ2) is 5.89. The van der Waals surface area contributed by atoms with E-state index < -0.39 is 18.0 Å². The summed E-state index contributed by atoms with van der Waals surface area (Å²) in [5, 5.41) is -0.0251. The van der Waals surface area contributed by atoms with Crippen LogP contribution in [0, 0.1) is 0 Å². The molecule has 0 fully saturated rings. The summed E-state index contributed by atoms with van der Waals surface area (Å²) in [6.07, 6.45) is -4.67. The Morgan fingerprint density at radius 2 is 2.17 bits per heavy atom. The minimum Gasteiger partial charge on any atom is -0.465 e. The van der Waals surface area contributed by atoms with Crippen molar-refractivity contribution in [2.24, 2.45) is 0 Å². The van der Waals surface area contributed by atoms with E-state index in [0.717, 1.165) is 11.8 Å². The van der Waals surface area contributed by atoms with E-state index in [1.807, 2.05) is 0 Å². The third-order valence-electron chi connectivity index (χ3n) is 1.62. The number of hydrogen-bond donors (Lipinski definition) is 1. The molecule has 1 aromatic rings. The van der Waals surface area contributed by atoms with Crippen LogP contribution in [0.2, 0.25) is 0 Å². The number of nitrogen functional groups attached to an aromatic ring is 1. The first-order chi connectivity index (χ1) is 8.32. The lowest BCUT2D eigenvalue weighted by Crippen LogP contribution is -2.13. The van der Waals surface area contributed by atoms with Crippen molar-refractivity contribution >= 4 is 23.5 Å². The van der Waals surface area contributed by atoms with Gasteiger partial charge in [0.25, 0.3) is 0 Å². The first-order valence-corrected chi connectivity index (χ1v) is 5.81. The molecule has 0 radical (unpaired) electrons. The molecule has 5 nitrogen and oxygen atoms in total. The number of carbonyl (C=O) groups excluding carboxylic acids is 1. The molecular weight excluding hydrogens is 271 g/mol. The van der Waals surface area contributed by atoms with Crippen molar-refractivity contribution in [3.8, 4) is 0 Å². The molecule has 1 aromatic heterocycles. The maximum atomic E-state index is 12.4. The summed E-state index contributed by atoms with van der Waals surface area (Å²) in [5.41, 5.74) is 5.24. The van der Waals surface area contributed by atoms with Crippen LogP contribution in [0.5, 0.6) is 0 Å². The number of aromatic nitrogens is 2. The molecule has 0 amide bonds. The maximum absolute atomic E-state index is 12.4. The van der Waals surface area contributed by atoms with Crippen molar-refractivity contribution in [3.05, 3.63) is 11.9 Å². The van der Waals surface area contributed by atoms with E-state index >= 15 is 0 Å². The Balaban J connectivity index is 2.78. The first-order valence-electron chi connectivity index (χ1n) is 4.83. The summed E-state index contributed by atoms with van der Waals surface area (Å²) in [4.78, 5) is 17.4. The Morgan fingerprint density at radius 3 is 2.72 bits per heavy atom. The van der Waals surface area contributed by atoms with Crippen molar-refractivity contribution in [1.29, 1.82) is 0 Å². The summed E-state index contributed by atoms with van der Waals surface area (Å²) in [7, 11) is 0. The van der Waals surface area contributed by atoms with Crippen LogP contribution < -0.4 is 5.73 Å². The quantitative estimate of drug-likeness (QED) is 0.514. The fourth-order valence-corrected chi connectivity index (χ4v) is 1.68. The molecule has 0 aromatic carbocycles. The number of thioether (sulfide) groups is 1. The second-order valence-electron chi connectivity index (χ2n) is 3.05. The molecule has 100 valence electrons. The third-order valence-corrected chi connectivity index (χ3v) is 2.50.